The number of allylic oxidation sites excluding steroid dienone is 5. The summed E-state index contributed by atoms with van der Waals surface area (Å²) in [5.41, 5.74) is 20.0. The molecular weight excluding hydrogens is 797 g/mol. The molecule has 5 aliphatic rings. The Morgan fingerprint density at radius 3 is 1.68 bits per heavy atom. The summed E-state index contributed by atoms with van der Waals surface area (Å²) < 4.78 is 14.0. The molecule has 5 aliphatic carbocycles. The molecule has 4 heteroatoms. The summed E-state index contributed by atoms with van der Waals surface area (Å²) in [5.74, 6) is 2.26. The molecule has 10 rings (SSSR count). The van der Waals surface area contributed by atoms with E-state index in [2.05, 4.69) is 87.2 Å². The first-order valence-corrected chi connectivity index (χ1v) is 25.3. The quantitative estimate of drug-likeness (QED) is 0.163. The van der Waals surface area contributed by atoms with Gasteiger partial charge in [-0.1, -0.05) is 61.5 Å². The predicted molar refractivity (Wildman–Crippen MR) is 268 cm³/mol. The van der Waals surface area contributed by atoms with Crippen LogP contribution in [0, 0.1) is 13.8 Å². The van der Waals surface area contributed by atoms with Crippen LogP contribution in [0.5, 0.6) is 23.0 Å². The van der Waals surface area contributed by atoms with Crippen molar-refractivity contribution in [3.63, 3.8) is 0 Å². The van der Waals surface area contributed by atoms with Crippen molar-refractivity contribution in [3.05, 3.63) is 147 Å². The molecule has 2 atom stereocenters. The second-order valence-electron chi connectivity index (χ2n) is 20.0. The molecule has 0 aromatic heterocycles. The number of ether oxygens (including phenoxy) is 2. The zero-order valence-electron chi connectivity index (χ0n) is 39.0. The van der Waals surface area contributed by atoms with Gasteiger partial charge in [-0.25, -0.2) is 0 Å². The number of aromatic hydroxyl groups is 2. The molecule has 0 spiro atoms. The van der Waals surface area contributed by atoms with E-state index in [1.165, 1.54) is 95.9 Å². The van der Waals surface area contributed by atoms with E-state index in [0.29, 0.717) is 11.5 Å². The third kappa shape index (κ3) is 8.95. The number of rotatable bonds is 8. The molecule has 0 aliphatic heterocycles. The first-order valence-electron chi connectivity index (χ1n) is 25.3. The first-order chi connectivity index (χ1) is 31.8. The van der Waals surface area contributed by atoms with Gasteiger partial charge in [0, 0.05) is 39.8 Å². The summed E-state index contributed by atoms with van der Waals surface area (Å²) in [6.07, 6.45) is 25.4. The van der Waals surface area contributed by atoms with Crippen molar-refractivity contribution < 1.29 is 19.7 Å². The lowest BCUT2D eigenvalue weighted by molar-refractivity contribution is 0.0686. The molecule has 2 fully saturated rings. The van der Waals surface area contributed by atoms with Gasteiger partial charge in [0.25, 0.3) is 0 Å². The summed E-state index contributed by atoms with van der Waals surface area (Å²) >= 11 is 0. The molecule has 0 amide bonds. The third-order valence-electron chi connectivity index (χ3n) is 15.3. The Morgan fingerprint density at radius 1 is 0.508 bits per heavy atom. The van der Waals surface area contributed by atoms with Crippen LogP contribution >= 0.6 is 0 Å². The summed E-state index contributed by atoms with van der Waals surface area (Å²) in [6.45, 7) is 8.97. The van der Waals surface area contributed by atoms with E-state index in [0.717, 1.165) is 145 Å². The number of hydrogen-bond acceptors (Lipinski definition) is 4. The Kier molecular flexibility index (Phi) is 12.8. The van der Waals surface area contributed by atoms with E-state index in [9.17, 15) is 10.2 Å². The van der Waals surface area contributed by atoms with Crippen LogP contribution in [0.4, 0.5) is 0 Å². The van der Waals surface area contributed by atoms with Crippen LogP contribution in [0.1, 0.15) is 148 Å². The van der Waals surface area contributed by atoms with Gasteiger partial charge >= 0.3 is 0 Å². The smallest absolute Gasteiger partial charge is 0.131 e. The molecule has 65 heavy (non-hydrogen) atoms. The Hall–Kier alpha value is -5.48. The Balaban J connectivity index is 0.935. The van der Waals surface area contributed by atoms with Gasteiger partial charge in [0.1, 0.15) is 35.2 Å². The molecule has 2 saturated carbocycles. The zero-order valence-corrected chi connectivity index (χ0v) is 39.0. The molecule has 5 aromatic carbocycles. The molecule has 0 saturated heterocycles. The van der Waals surface area contributed by atoms with Crippen molar-refractivity contribution in [1.29, 1.82) is 0 Å². The number of fused-ring (bicyclic) bond motifs is 3. The lowest BCUT2D eigenvalue weighted by Crippen LogP contribution is -2.32. The van der Waals surface area contributed by atoms with E-state index in [1.54, 1.807) is 0 Å². The van der Waals surface area contributed by atoms with Crippen molar-refractivity contribution in [2.45, 2.75) is 161 Å². The normalized spacial score (nSPS) is 21.1. The summed E-state index contributed by atoms with van der Waals surface area (Å²) in [7, 11) is 0. The highest BCUT2D eigenvalue weighted by Crippen LogP contribution is 2.50. The van der Waals surface area contributed by atoms with E-state index < -0.39 is 0 Å². The lowest BCUT2D eigenvalue weighted by Gasteiger charge is -2.31. The average molecular weight is 865 g/mol. The van der Waals surface area contributed by atoms with Crippen molar-refractivity contribution in [2.75, 3.05) is 0 Å². The molecule has 4 nitrogen and oxygen atoms in total. The second-order valence-corrected chi connectivity index (χ2v) is 20.0. The number of phenolic OH excluding ortho intramolecular Hbond substituents is 2. The zero-order chi connectivity index (χ0) is 44.4. The minimum absolute atomic E-state index is 0.0506. The monoisotopic (exact) mass is 865 g/mol. The number of aryl methyl sites for hydroxylation is 4. The second kappa shape index (κ2) is 19.2. The van der Waals surface area contributed by atoms with Crippen LogP contribution in [-0.2, 0) is 25.7 Å². The molecule has 0 radical (unpaired) electrons. The fourth-order valence-corrected chi connectivity index (χ4v) is 12.1. The Morgan fingerprint density at radius 2 is 1.03 bits per heavy atom. The molecule has 2 N–H and O–H groups in total. The van der Waals surface area contributed by atoms with Crippen LogP contribution < -0.4 is 9.47 Å². The molecule has 0 heterocycles. The number of hydrogen-bond donors (Lipinski definition) is 2. The van der Waals surface area contributed by atoms with E-state index >= 15 is 0 Å². The number of benzene rings is 5. The maximum atomic E-state index is 12.4. The molecular formula is C61H68O4. The van der Waals surface area contributed by atoms with Crippen LogP contribution in [0.3, 0.4) is 0 Å². The molecule has 0 bridgehead atoms. The minimum Gasteiger partial charge on any atom is -0.507 e. The highest BCUT2D eigenvalue weighted by Gasteiger charge is 2.30. The van der Waals surface area contributed by atoms with E-state index in [1.807, 2.05) is 18.2 Å². The standard InChI is InChI=1S/C61H68O4/c1-39-33-52(60(62)54(35-39)58-41(3)19-6-4-5-7-20-42-21-8-11-26-47(42)58)50-29-14-16-31-56(50)64-45-24-18-25-46(38-45)65-57-32-17-15-30-51(57)53-34-40(2)36-55(61(53)63)59-48-27-12-9-22-43(48)37-44-23-10-13-28-49(44)59/h14-17,20,29-37,45-46,62-63H,3-13,18-19,21-28,38H2,1-2H3/b42-20-,58-47?/t45-,46+/m1/s1. The van der Waals surface area contributed by atoms with Crippen molar-refractivity contribution in [1.82, 2.24) is 0 Å². The summed E-state index contributed by atoms with van der Waals surface area (Å²) in [4.78, 5) is 0. The summed E-state index contributed by atoms with van der Waals surface area (Å²) in [5, 5.41) is 24.8. The largest absolute Gasteiger partial charge is 0.507 e. The van der Waals surface area contributed by atoms with Gasteiger partial charge in [-0.15, -0.1) is 0 Å². The van der Waals surface area contributed by atoms with Crippen molar-refractivity contribution in [3.8, 4) is 56.4 Å². The van der Waals surface area contributed by atoms with Gasteiger partial charge < -0.3 is 19.7 Å². The number of para-hydroxylation sites is 2. The van der Waals surface area contributed by atoms with Crippen molar-refractivity contribution in [2.24, 2.45) is 0 Å². The maximum absolute atomic E-state index is 12.4. The molecule has 336 valence electrons. The average Bonchev–Trinajstić information content (AvgIpc) is 3.32. The third-order valence-corrected chi connectivity index (χ3v) is 15.3. The van der Waals surface area contributed by atoms with Gasteiger partial charge in [0.2, 0.25) is 0 Å². The number of phenols is 2. The van der Waals surface area contributed by atoms with Crippen LogP contribution in [0.15, 0.2) is 108 Å². The fraction of sp³-hybridized carbons (Fsp3) is 0.410. The van der Waals surface area contributed by atoms with Gasteiger partial charge in [-0.05, 0) is 233 Å². The van der Waals surface area contributed by atoms with Crippen LogP contribution in [0.2, 0.25) is 0 Å². The lowest BCUT2D eigenvalue weighted by atomic mass is 9.76. The molecule has 0 unspecified atom stereocenters. The predicted octanol–water partition coefficient (Wildman–Crippen LogP) is 16.0. The van der Waals surface area contributed by atoms with Crippen LogP contribution in [0.25, 0.3) is 39.0 Å². The summed E-state index contributed by atoms with van der Waals surface area (Å²) in [6, 6.07) is 27.7. The SMILES string of the molecule is C=C1CCCCC/C=C2/CCCCC2=C1c1cc(C)cc(-c2ccccc2O[C@@H]2CCC[C@H](Oc3ccccc3-c3cc(C)cc(-c4c5c(cc6c4CCCC6)CCCC5)c3O)C2)c1O. The van der Waals surface area contributed by atoms with Crippen LogP contribution in [-0.4, -0.2) is 22.4 Å². The van der Waals surface area contributed by atoms with E-state index in [-0.39, 0.29) is 12.2 Å². The fourth-order valence-electron chi connectivity index (χ4n) is 12.1. The topological polar surface area (TPSA) is 58.9 Å². The maximum Gasteiger partial charge on any atom is 0.131 e. The Labute approximate surface area is 388 Å². The first kappa shape index (κ1) is 43.4. The van der Waals surface area contributed by atoms with E-state index in [4.69, 9.17) is 9.47 Å². The highest BCUT2D eigenvalue weighted by molar-refractivity contribution is 5.91. The van der Waals surface area contributed by atoms with Gasteiger partial charge in [0.05, 0.1) is 0 Å². The minimum atomic E-state index is -0.0548. The van der Waals surface area contributed by atoms with Gasteiger partial charge in [0.15, 0.2) is 0 Å². The van der Waals surface area contributed by atoms with Gasteiger partial charge in [-0.2, -0.15) is 0 Å². The van der Waals surface area contributed by atoms with Gasteiger partial charge in [-0.3, -0.25) is 0 Å². The molecule has 5 aromatic rings. The van der Waals surface area contributed by atoms with Crippen molar-refractivity contribution >= 4 is 5.57 Å². The highest BCUT2D eigenvalue weighted by atomic mass is 16.5. The Bertz CT molecular complexity index is 2640.